The number of aromatic nitrogens is 2. The van der Waals surface area contributed by atoms with E-state index in [2.05, 4.69) is 20.9 Å². The van der Waals surface area contributed by atoms with Crippen molar-refractivity contribution in [2.45, 2.75) is 13.5 Å². The normalized spacial score (nSPS) is 13.8. The van der Waals surface area contributed by atoms with Gasteiger partial charge in [0.15, 0.2) is 5.13 Å². The molecule has 0 aliphatic carbocycles. The number of aryl methyl sites for hydroxylation is 1. The van der Waals surface area contributed by atoms with Gasteiger partial charge in [0.1, 0.15) is 0 Å². The number of nitrogens with two attached hydrogens (primary N) is 1. The highest BCUT2D eigenvalue weighted by molar-refractivity contribution is 7.17. The molecule has 4 rings (SSSR count). The maximum Gasteiger partial charge on any atom is 0.205 e. The monoisotopic (exact) mass is 419 g/mol. The first-order valence-electron chi connectivity index (χ1n) is 9.65. The molecule has 3 aromatic rings. The molecule has 0 atom stereocenters. The Labute approximate surface area is 178 Å². The Bertz CT molecular complexity index is 1110. The second-order valence-corrected chi connectivity index (χ2v) is 7.95. The summed E-state index contributed by atoms with van der Waals surface area (Å²) in [7, 11) is 0. The molecule has 0 radical (unpaired) electrons. The molecule has 7 nitrogen and oxygen atoms in total. The summed E-state index contributed by atoms with van der Waals surface area (Å²) in [6.07, 6.45) is 1.70. The Morgan fingerprint density at radius 1 is 1.30 bits per heavy atom. The Morgan fingerprint density at radius 3 is 2.77 bits per heavy atom. The van der Waals surface area contributed by atoms with Gasteiger partial charge >= 0.3 is 0 Å². The topological polar surface area (TPSA) is 105 Å². The Hall–Kier alpha value is -3.12. The van der Waals surface area contributed by atoms with Crippen LogP contribution in [0.5, 0.6) is 0 Å². The first kappa shape index (κ1) is 20.2. The second kappa shape index (κ2) is 8.71. The van der Waals surface area contributed by atoms with Gasteiger partial charge in [-0.2, -0.15) is 5.26 Å². The van der Waals surface area contributed by atoms with E-state index >= 15 is 0 Å². The van der Waals surface area contributed by atoms with E-state index in [1.54, 1.807) is 24.4 Å². The van der Waals surface area contributed by atoms with Gasteiger partial charge in [-0.15, -0.1) is 0 Å². The fourth-order valence-electron chi connectivity index (χ4n) is 3.33. The predicted octanol–water partition coefficient (Wildman–Crippen LogP) is 2.91. The van der Waals surface area contributed by atoms with Gasteiger partial charge in [-0.3, -0.25) is 9.78 Å². The van der Waals surface area contributed by atoms with Crippen LogP contribution in [0.1, 0.15) is 32.1 Å². The van der Waals surface area contributed by atoms with Crippen LogP contribution in [0.15, 0.2) is 36.5 Å². The van der Waals surface area contributed by atoms with E-state index in [4.69, 9.17) is 10.5 Å². The standard InChI is InChI=1S/C22H21N5O2S/c1-14-21(30-22(26-14)27-6-8-29-9-7-27)20(28)18-10-15(11-23)2-4-17(18)19-5-3-16(12-24)13-25-19/h2-5,10,13H,6-9,12,24H2,1H3. The number of thiazole rings is 1. The molecule has 0 amide bonds. The molecule has 1 aliphatic rings. The highest BCUT2D eigenvalue weighted by Gasteiger charge is 2.24. The molecular weight excluding hydrogens is 398 g/mol. The van der Waals surface area contributed by atoms with Crippen LogP contribution in [0.3, 0.4) is 0 Å². The van der Waals surface area contributed by atoms with Crippen molar-refractivity contribution in [1.82, 2.24) is 9.97 Å². The molecule has 8 heteroatoms. The maximum atomic E-state index is 13.5. The lowest BCUT2D eigenvalue weighted by Gasteiger charge is -2.26. The third kappa shape index (κ3) is 3.96. The molecular formula is C22H21N5O2S. The summed E-state index contributed by atoms with van der Waals surface area (Å²) in [5.74, 6) is -0.152. The molecule has 30 heavy (non-hydrogen) atoms. The van der Waals surface area contributed by atoms with Crippen LogP contribution in [0.4, 0.5) is 5.13 Å². The van der Waals surface area contributed by atoms with Crippen molar-refractivity contribution in [3.05, 3.63) is 63.8 Å². The number of rotatable bonds is 5. The van der Waals surface area contributed by atoms with Crippen molar-refractivity contribution in [2.24, 2.45) is 5.73 Å². The number of benzene rings is 1. The summed E-state index contributed by atoms with van der Waals surface area (Å²) in [4.78, 5) is 25.3. The molecule has 0 bridgehead atoms. The van der Waals surface area contributed by atoms with Crippen LogP contribution in [0, 0.1) is 18.3 Å². The van der Waals surface area contributed by atoms with Crippen molar-refractivity contribution < 1.29 is 9.53 Å². The number of nitriles is 1. The molecule has 2 aromatic heterocycles. The zero-order chi connectivity index (χ0) is 21.1. The van der Waals surface area contributed by atoms with E-state index in [-0.39, 0.29) is 5.78 Å². The van der Waals surface area contributed by atoms with Gasteiger partial charge in [0.05, 0.1) is 41.1 Å². The molecule has 3 heterocycles. The highest BCUT2D eigenvalue weighted by Crippen LogP contribution is 2.32. The average Bonchev–Trinajstić information content (AvgIpc) is 3.20. The van der Waals surface area contributed by atoms with E-state index in [1.165, 1.54) is 11.3 Å². The fraction of sp³-hybridized carbons (Fsp3) is 0.273. The van der Waals surface area contributed by atoms with Gasteiger partial charge in [-0.1, -0.05) is 23.5 Å². The minimum Gasteiger partial charge on any atom is -0.378 e. The van der Waals surface area contributed by atoms with Crippen LogP contribution >= 0.6 is 11.3 Å². The predicted molar refractivity (Wildman–Crippen MR) is 116 cm³/mol. The number of morpholine rings is 1. The lowest BCUT2D eigenvalue weighted by molar-refractivity contribution is 0.104. The summed E-state index contributed by atoms with van der Waals surface area (Å²) >= 11 is 1.38. The van der Waals surface area contributed by atoms with Crippen molar-refractivity contribution in [2.75, 3.05) is 31.2 Å². The number of carbonyl (C=O) groups excluding carboxylic acids is 1. The third-order valence-electron chi connectivity index (χ3n) is 5.00. The first-order chi connectivity index (χ1) is 14.6. The van der Waals surface area contributed by atoms with Crippen LogP contribution in [-0.2, 0) is 11.3 Å². The quantitative estimate of drug-likeness (QED) is 0.634. The maximum absolute atomic E-state index is 13.5. The van der Waals surface area contributed by atoms with Crippen LogP contribution in [-0.4, -0.2) is 42.1 Å². The van der Waals surface area contributed by atoms with Gasteiger partial charge in [-0.25, -0.2) is 4.98 Å². The summed E-state index contributed by atoms with van der Waals surface area (Å²) in [6.45, 7) is 5.06. The molecule has 0 saturated carbocycles. The smallest absolute Gasteiger partial charge is 0.205 e. The molecule has 1 fully saturated rings. The number of ketones is 1. The number of hydrogen-bond acceptors (Lipinski definition) is 8. The molecule has 1 aromatic carbocycles. The van der Waals surface area contributed by atoms with Crippen molar-refractivity contribution >= 4 is 22.3 Å². The van der Waals surface area contributed by atoms with Gasteiger partial charge in [0.25, 0.3) is 0 Å². The molecule has 0 unspecified atom stereocenters. The van der Waals surface area contributed by atoms with Crippen LogP contribution < -0.4 is 10.6 Å². The van der Waals surface area contributed by atoms with Crippen LogP contribution in [0.25, 0.3) is 11.3 Å². The minimum atomic E-state index is -0.152. The van der Waals surface area contributed by atoms with Gasteiger partial charge in [0, 0.05) is 37.0 Å². The minimum absolute atomic E-state index is 0.152. The van der Waals surface area contributed by atoms with Gasteiger partial charge < -0.3 is 15.4 Å². The summed E-state index contributed by atoms with van der Waals surface area (Å²) in [5, 5.41) is 10.2. The number of pyridine rings is 1. The highest BCUT2D eigenvalue weighted by atomic mass is 32.1. The zero-order valence-electron chi connectivity index (χ0n) is 16.6. The summed E-state index contributed by atoms with van der Waals surface area (Å²) in [5.41, 5.74) is 9.48. The number of ether oxygens (including phenoxy) is 1. The lowest BCUT2D eigenvalue weighted by atomic mass is 9.96. The number of carbonyl (C=O) groups is 1. The Kier molecular flexibility index (Phi) is 5.86. The van der Waals surface area contributed by atoms with E-state index in [9.17, 15) is 10.1 Å². The van der Waals surface area contributed by atoms with Crippen LogP contribution in [0.2, 0.25) is 0 Å². The number of anilines is 1. The fourth-order valence-corrected chi connectivity index (χ4v) is 4.41. The van der Waals surface area contributed by atoms with E-state index in [0.29, 0.717) is 52.7 Å². The van der Waals surface area contributed by atoms with E-state index < -0.39 is 0 Å². The average molecular weight is 420 g/mol. The van der Waals surface area contributed by atoms with Crippen molar-refractivity contribution in [1.29, 1.82) is 5.26 Å². The molecule has 0 spiro atoms. The van der Waals surface area contributed by atoms with Crippen molar-refractivity contribution in [3.63, 3.8) is 0 Å². The number of nitrogens with zero attached hydrogens (tertiary/aromatic N) is 4. The van der Waals surface area contributed by atoms with Crippen molar-refractivity contribution in [3.8, 4) is 17.3 Å². The third-order valence-corrected chi connectivity index (χ3v) is 6.22. The lowest BCUT2D eigenvalue weighted by Crippen LogP contribution is -2.36. The second-order valence-electron chi connectivity index (χ2n) is 6.97. The molecule has 1 saturated heterocycles. The first-order valence-corrected chi connectivity index (χ1v) is 10.5. The SMILES string of the molecule is Cc1nc(N2CCOCC2)sc1C(=O)c1cc(C#N)ccc1-c1ccc(CN)cn1. The largest absolute Gasteiger partial charge is 0.378 e. The van der Waals surface area contributed by atoms with Gasteiger partial charge in [0.2, 0.25) is 5.78 Å². The van der Waals surface area contributed by atoms with E-state index in [1.807, 2.05) is 19.1 Å². The molecule has 152 valence electrons. The van der Waals surface area contributed by atoms with Gasteiger partial charge in [-0.05, 0) is 30.7 Å². The molecule has 2 N–H and O–H groups in total. The van der Waals surface area contributed by atoms with E-state index in [0.717, 1.165) is 23.8 Å². The molecule has 1 aliphatic heterocycles. The summed E-state index contributed by atoms with van der Waals surface area (Å²) < 4.78 is 5.40. The Morgan fingerprint density at radius 2 is 2.10 bits per heavy atom. The zero-order valence-corrected chi connectivity index (χ0v) is 17.4. The Balaban J connectivity index is 1.74. The summed E-state index contributed by atoms with van der Waals surface area (Å²) in [6, 6.07) is 11.0. The number of hydrogen-bond donors (Lipinski definition) is 1.